The number of rotatable bonds is 7. The standard InChI is InChI=1S/C18H16Br2Cl2N2O2/c19-13-7-5-11(9-15(13)21)23-17(25)3-1-2-4-18(26)24-12-6-8-14(20)16(22)10-12/h5-10H,1-4H2,(H,23,25)(H,24,26). The molecular weight excluding hydrogens is 507 g/mol. The van der Waals surface area contributed by atoms with Gasteiger partial charge in [-0.05, 0) is 81.1 Å². The van der Waals surface area contributed by atoms with Crippen LogP contribution in [0.2, 0.25) is 10.0 Å². The molecule has 0 unspecified atom stereocenters. The van der Waals surface area contributed by atoms with Gasteiger partial charge >= 0.3 is 0 Å². The van der Waals surface area contributed by atoms with E-state index in [-0.39, 0.29) is 11.8 Å². The van der Waals surface area contributed by atoms with E-state index in [0.29, 0.717) is 47.1 Å². The van der Waals surface area contributed by atoms with E-state index < -0.39 is 0 Å². The number of carbonyl (C=O) groups is 2. The van der Waals surface area contributed by atoms with Crippen LogP contribution < -0.4 is 10.6 Å². The zero-order chi connectivity index (χ0) is 19.1. The Balaban J connectivity index is 1.68. The fraction of sp³-hybridized carbons (Fsp3) is 0.222. The normalized spacial score (nSPS) is 10.5. The molecular formula is C18H16Br2Cl2N2O2. The molecule has 0 aromatic heterocycles. The van der Waals surface area contributed by atoms with Gasteiger partial charge in [-0.1, -0.05) is 23.2 Å². The number of hydrogen-bond donors (Lipinski definition) is 2. The molecule has 0 radical (unpaired) electrons. The molecule has 2 N–H and O–H groups in total. The lowest BCUT2D eigenvalue weighted by Crippen LogP contribution is -2.13. The Morgan fingerprint density at radius 3 is 1.50 bits per heavy atom. The van der Waals surface area contributed by atoms with E-state index in [0.717, 1.165) is 8.95 Å². The second kappa shape index (κ2) is 10.3. The van der Waals surface area contributed by atoms with Gasteiger partial charge in [0.05, 0.1) is 10.0 Å². The summed E-state index contributed by atoms with van der Waals surface area (Å²) >= 11 is 18.6. The largest absolute Gasteiger partial charge is 0.326 e. The van der Waals surface area contributed by atoms with Gasteiger partial charge in [-0.25, -0.2) is 0 Å². The van der Waals surface area contributed by atoms with Crippen molar-refractivity contribution in [3.63, 3.8) is 0 Å². The number of hydrogen-bond acceptors (Lipinski definition) is 2. The maximum absolute atomic E-state index is 11.9. The SMILES string of the molecule is O=C(CCCCC(=O)Nc1ccc(Br)c(Cl)c1)Nc1ccc(Br)c(Cl)c1. The molecule has 0 spiro atoms. The van der Waals surface area contributed by atoms with Crippen LogP contribution in [-0.2, 0) is 9.59 Å². The average Bonchev–Trinajstić information content (AvgIpc) is 2.58. The van der Waals surface area contributed by atoms with E-state index in [4.69, 9.17) is 23.2 Å². The summed E-state index contributed by atoms with van der Waals surface area (Å²) in [4.78, 5) is 23.9. The van der Waals surface area contributed by atoms with Crippen molar-refractivity contribution in [2.45, 2.75) is 25.7 Å². The first-order valence-electron chi connectivity index (χ1n) is 7.85. The minimum atomic E-state index is -0.108. The Morgan fingerprint density at radius 2 is 1.15 bits per heavy atom. The third kappa shape index (κ3) is 6.91. The fourth-order valence-corrected chi connectivity index (χ4v) is 3.02. The Kier molecular flexibility index (Phi) is 8.41. The molecule has 0 bridgehead atoms. The van der Waals surface area contributed by atoms with Gasteiger partial charge in [0.2, 0.25) is 11.8 Å². The Hall–Kier alpha value is -1.08. The highest BCUT2D eigenvalue weighted by Crippen LogP contribution is 2.26. The van der Waals surface area contributed by atoms with E-state index in [2.05, 4.69) is 42.5 Å². The van der Waals surface area contributed by atoms with Gasteiger partial charge in [-0.3, -0.25) is 9.59 Å². The Labute approximate surface area is 178 Å². The predicted octanol–water partition coefficient (Wildman–Crippen LogP) is 6.66. The minimum absolute atomic E-state index is 0.108. The highest BCUT2D eigenvalue weighted by atomic mass is 79.9. The van der Waals surface area contributed by atoms with Crippen LogP contribution in [0.4, 0.5) is 11.4 Å². The van der Waals surface area contributed by atoms with Gasteiger partial charge in [0.25, 0.3) is 0 Å². The van der Waals surface area contributed by atoms with Crippen molar-refractivity contribution in [3.05, 3.63) is 55.4 Å². The molecule has 0 fully saturated rings. The Morgan fingerprint density at radius 1 is 0.769 bits per heavy atom. The summed E-state index contributed by atoms with van der Waals surface area (Å²) in [5, 5.41) is 6.64. The lowest BCUT2D eigenvalue weighted by molar-refractivity contribution is -0.118. The Bertz CT molecular complexity index is 748. The van der Waals surface area contributed by atoms with Crippen LogP contribution in [0.25, 0.3) is 0 Å². The van der Waals surface area contributed by atoms with Crippen LogP contribution in [0.15, 0.2) is 45.3 Å². The van der Waals surface area contributed by atoms with Gasteiger partial charge in [0, 0.05) is 33.2 Å². The second-order valence-corrected chi connectivity index (χ2v) is 8.08. The molecule has 0 aliphatic rings. The summed E-state index contributed by atoms with van der Waals surface area (Å²) in [5.74, 6) is -0.216. The number of amides is 2. The van der Waals surface area contributed by atoms with Crippen molar-refractivity contribution >= 4 is 78.3 Å². The molecule has 2 rings (SSSR count). The summed E-state index contributed by atoms with van der Waals surface area (Å²) in [6, 6.07) is 10.4. The predicted molar refractivity (Wildman–Crippen MR) is 114 cm³/mol. The number of unbranched alkanes of at least 4 members (excludes halogenated alkanes) is 1. The molecule has 4 nitrogen and oxygen atoms in total. The van der Waals surface area contributed by atoms with Gasteiger partial charge in [-0.15, -0.1) is 0 Å². The smallest absolute Gasteiger partial charge is 0.224 e. The van der Waals surface area contributed by atoms with Crippen molar-refractivity contribution in [1.82, 2.24) is 0 Å². The molecule has 0 heterocycles. The maximum Gasteiger partial charge on any atom is 0.224 e. The molecule has 0 aliphatic carbocycles. The van der Waals surface area contributed by atoms with E-state index in [1.165, 1.54) is 0 Å². The summed E-state index contributed by atoms with van der Waals surface area (Å²) in [5.41, 5.74) is 1.29. The van der Waals surface area contributed by atoms with Crippen molar-refractivity contribution < 1.29 is 9.59 Å². The number of nitrogens with one attached hydrogen (secondary N) is 2. The fourth-order valence-electron chi connectivity index (χ4n) is 2.17. The highest BCUT2D eigenvalue weighted by Gasteiger charge is 2.07. The molecule has 138 valence electrons. The van der Waals surface area contributed by atoms with Gasteiger partial charge in [0.1, 0.15) is 0 Å². The molecule has 8 heteroatoms. The molecule has 2 amide bonds. The molecule has 0 aliphatic heterocycles. The first-order valence-corrected chi connectivity index (χ1v) is 10.2. The third-order valence-electron chi connectivity index (χ3n) is 3.46. The number of halogens is 4. The van der Waals surface area contributed by atoms with Crippen molar-refractivity contribution in [2.24, 2.45) is 0 Å². The van der Waals surface area contributed by atoms with Crippen molar-refractivity contribution in [3.8, 4) is 0 Å². The third-order valence-corrected chi connectivity index (χ3v) is 5.93. The van der Waals surface area contributed by atoms with Gasteiger partial charge in [0.15, 0.2) is 0 Å². The van der Waals surface area contributed by atoms with Crippen LogP contribution in [0, 0.1) is 0 Å². The van der Waals surface area contributed by atoms with Crippen LogP contribution in [-0.4, -0.2) is 11.8 Å². The first-order chi connectivity index (χ1) is 12.3. The van der Waals surface area contributed by atoms with Crippen LogP contribution in [0.3, 0.4) is 0 Å². The molecule has 2 aromatic rings. The molecule has 0 atom stereocenters. The molecule has 26 heavy (non-hydrogen) atoms. The lowest BCUT2D eigenvalue weighted by atomic mass is 10.1. The monoisotopic (exact) mass is 520 g/mol. The second-order valence-electron chi connectivity index (χ2n) is 5.56. The summed E-state index contributed by atoms with van der Waals surface area (Å²) in [6.45, 7) is 0. The average molecular weight is 523 g/mol. The highest BCUT2D eigenvalue weighted by molar-refractivity contribution is 9.10. The zero-order valence-electron chi connectivity index (χ0n) is 13.6. The van der Waals surface area contributed by atoms with E-state index in [1.807, 2.05) is 0 Å². The lowest BCUT2D eigenvalue weighted by Gasteiger charge is -2.07. The molecule has 0 saturated carbocycles. The number of anilines is 2. The molecule has 2 aromatic carbocycles. The summed E-state index contributed by atoms with van der Waals surface area (Å²) in [6.07, 6.45) is 1.91. The molecule has 0 saturated heterocycles. The quantitative estimate of drug-likeness (QED) is 0.400. The van der Waals surface area contributed by atoms with E-state index in [9.17, 15) is 9.59 Å². The van der Waals surface area contributed by atoms with Crippen LogP contribution in [0.1, 0.15) is 25.7 Å². The van der Waals surface area contributed by atoms with E-state index >= 15 is 0 Å². The minimum Gasteiger partial charge on any atom is -0.326 e. The summed E-state index contributed by atoms with van der Waals surface area (Å²) < 4.78 is 1.55. The first kappa shape index (κ1) is 21.2. The summed E-state index contributed by atoms with van der Waals surface area (Å²) in [7, 11) is 0. The van der Waals surface area contributed by atoms with Crippen LogP contribution in [0.5, 0.6) is 0 Å². The van der Waals surface area contributed by atoms with E-state index in [1.54, 1.807) is 36.4 Å². The van der Waals surface area contributed by atoms with Gasteiger partial charge < -0.3 is 10.6 Å². The van der Waals surface area contributed by atoms with Gasteiger partial charge in [-0.2, -0.15) is 0 Å². The number of benzene rings is 2. The topological polar surface area (TPSA) is 58.2 Å². The maximum atomic E-state index is 11.9. The zero-order valence-corrected chi connectivity index (χ0v) is 18.3. The number of carbonyl (C=O) groups excluding carboxylic acids is 2. The van der Waals surface area contributed by atoms with Crippen molar-refractivity contribution in [1.29, 1.82) is 0 Å². The van der Waals surface area contributed by atoms with Crippen molar-refractivity contribution in [2.75, 3.05) is 10.6 Å². The van der Waals surface area contributed by atoms with Crippen LogP contribution >= 0.6 is 55.1 Å².